The minimum Gasteiger partial charge on any atom is -0.478 e. The van der Waals surface area contributed by atoms with Crippen LogP contribution < -0.4 is 5.32 Å². The molecule has 5 heteroatoms. The van der Waals surface area contributed by atoms with Gasteiger partial charge in [0, 0.05) is 21.5 Å². The number of para-hydroxylation sites is 1. The van der Waals surface area contributed by atoms with Crippen LogP contribution in [0, 0.1) is 5.92 Å². The lowest BCUT2D eigenvalue weighted by atomic mass is 9.75. The van der Waals surface area contributed by atoms with E-state index in [-0.39, 0.29) is 23.4 Å². The molecule has 0 spiro atoms. The molecule has 3 aromatic carbocycles. The number of aromatic carboxylic acids is 1. The lowest BCUT2D eigenvalue weighted by Crippen LogP contribution is -2.32. The van der Waals surface area contributed by atoms with Gasteiger partial charge in [-0.15, -0.1) is 0 Å². The lowest BCUT2D eigenvalue weighted by molar-refractivity contribution is 0.0697. The van der Waals surface area contributed by atoms with E-state index < -0.39 is 5.97 Å². The molecule has 0 amide bonds. The van der Waals surface area contributed by atoms with Gasteiger partial charge in [0.15, 0.2) is 0 Å². The Labute approximate surface area is 172 Å². The third kappa shape index (κ3) is 2.54. The Balaban J connectivity index is 1.77. The number of halogens is 2. The molecule has 0 bridgehead atoms. The van der Waals surface area contributed by atoms with Gasteiger partial charge in [-0.05, 0) is 47.2 Å². The highest BCUT2D eigenvalue weighted by atomic mass is 35.5. The van der Waals surface area contributed by atoms with Gasteiger partial charge in [-0.1, -0.05) is 65.7 Å². The normalized spacial score (nSPS) is 22.0. The van der Waals surface area contributed by atoms with Crippen molar-refractivity contribution in [2.24, 2.45) is 5.92 Å². The van der Waals surface area contributed by atoms with E-state index in [9.17, 15) is 9.90 Å². The highest BCUT2D eigenvalue weighted by Crippen LogP contribution is 2.55. The quantitative estimate of drug-likeness (QED) is 0.532. The molecule has 1 aliphatic carbocycles. The van der Waals surface area contributed by atoms with Crippen molar-refractivity contribution in [3.05, 3.63) is 98.5 Å². The molecule has 1 heterocycles. The number of hydrogen-bond donors (Lipinski definition) is 2. The summed E-state index contributed by atoms with van der Waals surface area (Å²) in [5.74, 6) is -0.645. The predicted molar refractivity (Wildman–Crippen MR) is 112 cm³/mol. The third-order valence-electron chi connectivity index (χ3n) is 5.97. The van der Waals surface area contributed by atoms with E-state index in [4.69, 9.17) is 23.2 Å². The molecule has 2 N–H and O–H groups in total. The minimum atomic E-state index is -0.946. The van der Waals surface area contributed by atoms with Gasteiger partial charge in [0.05, 0.1) is 17.3 Å². The van der Waals surface area contributed by atoms with E-state index in [0.717, 1.165) is 17.5 Å². The fraction of sp³-hybridized carbons (Fsp3) is 0.174. The monoisotopic (exact) mass is 409 g/mol. The Kier molecular flexibility index (Phi) is 4.11. The number of benzene rings is 3. The van der Waals surface area contributed by atoms with Crippen molar-refractivity contribution < 1.29 is 9.90 Å². The van der Waals surface area contributed by atoms with Gasteiger partial charge < -0.3 is 10.4 Å². The van der Waals surface area contributed by atoms with Gasteiger partial charge in [-0.25, -0.2) is 4.79 Å². The second-order valence-corrected chi connectivity index (χ2v) is 8.19. The number of rotatable bonds is 2. The summed E-state index contributed by atoms with van der Waals surface area (Å²) in [5, 5.41) is 14.4. The Bertz CT molecular complexity index is 1090. The second kappa shape index (κ2) is 6.54. The maximum atomic E-state index is 11.9. The molecule has 2 aliphatic rings. The average Bonchev–Trinajstić information content (AvgIpc) is 3.07. The van der Waals surface area contributed by atoms with Crippen LogP contribution in [0.25, 0.3) is 0 Å². The molecular formula is C23H17Cl2NO2. The smallest absolute Gasteiger partial charge is 0.337 e. The minimum absolute atomic E-state index is 0.101. The van der Waals surface area contributed by atoms with Crippen LogP contribution in [-0.4, -0.2) is 11.1 Å². The van der Waals surface area contributed by atoms with E-state index in [2.05, 4.69) is 23.5 Å². The zero-order chi connectivity index (χ0) is 19.4. The number of hydrogen-bond acceptors (Lipinski definition) is 2. The zero-order valence-corrected chi connectivity index (χ0v) is 16.3. The molecular weight excluding hydrogens is 393 g/mol. The van der Waals surface area contributed by atoms with E-state index in [0.29, 0.717) is 15.7 Å². The number of nitrogens with one attached hydrogen (secondary N) is 1. The van der Waals surface area contributed by atoms with Crippen LogP contribution >= 0.6 is 23.2 Å². The first-order chi connectivity index (χ1) is 13.6. The maximum absolute atomic E-state index is 11.9. The van der Waals surface area contributed by atoms with Crippen LogP contribution in [0.15, 0.2) is 60.7 Å². The first kappa shape index (κ1) is 17.6. The summed E-state index contributed by atoms with van der Waals surface area (Å²) in [6.45, 7) is 0. The van der Waals surface area contributed by atoms with Crippen LogP contribution in [0.2, 0.25) is 10.0 Å². The predicted octanol–water partition coefficient (Wildman–Crippen LogP) is 6.16. The van der Waals surface area contributed by atoms with Crippen molar-refractivity contribution in [2.45, 2.75) is 18.4 Å². The number of carbonyl (C=O) groups is 1. The summed E-state index contributed by atoms with van der Waals surface area (Å²) in [7, 11) is 0. The van der Waals surface area contributed by atoms with E-state index in [1.807, 2.05) is 36.4 Å². The van der Waals surface area contributed by atoms with Gasteiger partial charge in [-0.3, -0.25) is 0 Å². The van der Waals surface area contributed by atoms with Crippen molar-refractivity contribution in [1.82, 2.24) is 0 Å². The molecule has 0 aromatic heterocycles. The summed E-state index contributed by atoms with van der Waals surface area (Å²) in [4.78, 5) is 11.9. The van der Waals surface area contributed by atoms with Crippen molar-refractivity contribution in [2.75, 3.05) is 5.32 Å². The van der Waals surface area contributed by atoms with Gasteiger partial charge in [-0.2, -0.15) is 0 Å². The molecule has 3 aromatic rings. The SMILES string of the molecule is O=C(O)c1cccc2c1N[C@H](c1c(Cl)cccc1Cl)[C@@H]1Cc3ccccc3[C@H]21. The number of carboxylic acids is 1. The van der Waals surface area contributed by atoms with Crippen molar-refractivity contribution in [1.29, 1.82) is 0 Å². The van der Waals surface area contributed by atoms with Gasteiger partial charge >= 0.3 is 5.97 Å². The van der Waals surface area contributed by atoms with Gasteiger partial charge in [0.25, 0.3) is 0 Å². The van der Waals surface area contributed by atoms with Crippen LogP contribution in [0.1, 0.15) is 44.6 Å². The largest absolute Gasteiger partial charge is 0.478 e. The summed E-state index contributed by atoms with van der Waals surface area (Å²) in [6.07, 6.45) is 0.886. The molecule has 3 nitrogen and oxygen atoms in total. The Hall–Kier alpha value is -2.49. The number of fused-ring (bicyclic) bond motifs is 5. The van der Waals surface area contributed by atoms with Crippen molar-refractivity contribution in [3.63, 3.8) is 0 Å². The molecule has 3 atom stereocenters. The molecule has 0 fully saturated rings. The molecule has 0 saturated heterocycles. The second-order valence-electron chi connectivity index (χ2n) is 7.38. The molecule has 0 saturated carbocycles. The first-order valence-electron chi connectivity index (χ1n) is 9.20. The lowest BCUT2D eigenvalue weighted by Gasteiger charge is -2.39. The number of anilines is 1. The van der Waals surface area contributed by atoms with Crippen LogP contribution in [-0.2, 0) is 6.42 Å². The van der Waals surface area contributed by atoms with Gasteiger partial charge in [0.2, 0.25) is 0 Å². The number of carboxylic acid groups (broad SMARTS) is 1. The van der Waals surface area contributed by atoms with Crippen LogP contribution in [0.5, 0.6) is 0 Å². The molecule has 0 radical (unpaired) electrons. The molecule has 5 rings (SSSR count). The molecule has 0 unspecified atom stereocenters. The zero-order valence-electron chi connectivity index (χ0n) is 14.8. The van der Waals surface area contributed by atoms with Crippen molar-refractivity contribution >= 4 is 34.9 Å². The Morgan fingerprint density at radius 3 is 2.36 bits per heavy atom. The Morgan fingerprint density at radius 1 is 0.929 bits per heavy atom. The molecule has 28 heavy (non-hydrogen) atoms. The fourth-order valence-corrected chi connectivity index (χ4v) is 5.49. The Morgan fingerprint density at radius 2 is 1.61 bits per heavy atom. The topological polar surface area (TPSA) is 49.3 Å². The highest BCUT2D eigenvalue weighted by molar-refractivity contribution is 6.36. The summed E-state index contributed by atoms with van der Waals surface area (Å²) < 4.78 is 0. The van der Waals surface area contributed by atoms with E-state index in [1.165, 1.54) is 11.1 Å². The highest BCUT2D eigenvalue weighted by Gasteiger charge is 2.45. The summed E-state index contributed by atoms with van der Waals surface area (Å²) >= 11 is 13.1. The van der Waals surface area contributed by atoms with E-state index >= 15 is 0 Å². The maximum Gasteiger partial charge on any atom is 0.337 e. The third-order valence-corrected chi connectivity index (χ3v) is 6.63. The fourth-order valence-electron chi connectivity index (χ4n) is 4.86. The van der Waals surface area contributed by atoms with Crippen molar-refractivity contribution in [3.8, 4) is 0 Å². The average molecular weight is 410 g/mol. The standard InChI is InChI=1S/C23H17Cl2NO2/c24-17-9-4-10-18(25)20(17)22-16-11-12-5-1-2-6-13(12)19(16)14-7-3-8-15(23(27)28)21(14)26-22/h1-10,16,19,22,26H,11H2,(H,27,28)/t16-,19-,22+/m1/s1. The molecule has 1 aliphatic heterocycles. The molecule has 140 valence electrons. The summed E-state index contributed by atoms with van der Waals surface area (Å²) in [6, 6.07) is 19.2. The van der Waals surface area contributed by atoms with E-state index in [1.54, 1.807) is 6.07 Å². The first-order valence-corrected chi connectivity index (χ1v) is 9.96. The van der Waals surface area contributed by atoms with Crippen LogP contribution in [0.4, 0.5) is 5.69 Å². The summed E-state index contributed by atoms with van der Waals surface area (Å²) in [5.41, 5.74) is 5.34. The van der Waals surface area contributed by atoms with Crippen LogP contribution in [0.3, 0.4) is 0 Å². The van der Waals surface area contributed by atoms with Gasteiger partial charge in [0.1, 0.15) is 0 Å².